The first-order valence-corrected chi connectivity index (χ1v) is 10.1. The number of nitrogens with zero attached hydrogens (tertiary/aromatic N) is 1. The van der Waals surface area contributed by atoms with Gasteiger partial charge in [-0.2, -0.15) is 0 Å². The van der Waals surface area contributed by atoms with E-state index in [4.69, 9.17) is 0 Å². The van der Waals surface area contributed by atoms with Crippen molar-refractivity contribution < 1.29 is 14.0 Å². The van der Waals surface area contributed by atoms with Crippen LogP contribution in [0.1, 0.15) is 43.9 Å². The second-order valence-electron chi connectivity index (χ2n) is 8.10. The number of benzene rings is 1. The molecular weight excluding hydrogens is 381 g/mol. The molecule has 0 saturated heterocycles. The number of anilines is 1. The van der Waals surface area contributed by atoms with Crippen molar-refractivity contribution in [3.05, 3.63) is 82.1 Å². The molecule has 154 valence electrons. The molecule has 1 aliphatic carbocycles. The minimum atomic E-state index is -0.623. The van der Waals surface area contributed by atoms with Crippen molar-refractivity contribution in [3.63, 3.8) is 0 Å². The molecule has 1 aliphatic heterocycles. The molecular formula is C24H24FN3O2. The van der Waals surface area contributed by atoms with Crippen LogP contribution in [0.5, 0.6) is 0 Å². The Morgan fingerprint density at radius 1 is 1.17 bits per heavy atom. The van der Waals surface area contributed by atoms with Crippen LogP contribution in [0.15, 0.2) is 65.0 Å². The second kappa shape index (κ2) is 7.86. The highest BCUT2D eigenvalue weighted by Gasteiger charge is 2.40. The van der Waals surface area contributed by atoms with Gasteiger partial charge in [-0.05, 0) is 56.0 Å². The molecule has 0 fully saturated rings. The summed E-state index contributed by atoms with van der Waals surface area (Å²) in [6, 6.07) is 11.5. The second-order valence-corrected chi connectivity index (χ2v) is 8.10. The van der Waals surface area contributed by atoms with E-state index in [0.717, 1.165) is 17.8 Å². The zero-order chi connectivity index (χ0) is 21.4. The highest BCUT2D eigenvalue weighted by molar-refractivity contribution is 6.09. The molecule has 0 bridgehead atoms. The molecule has 0 saturated carbocycles. The fraction of sp³-hybridized carbons (Fsp3) is 0.292. The average molecular weight is 405 g/mol. The number of Topliss-reactive ketones (excluding diaryl/α,β-unsaturated/α-hetero) is 1. The normalized spacial score (nSPS) is 21.3. The van der Waals surface area contributed by atoms with E-state index in [1.54, 1.807) is 18.2 Å². The molecule has 1 aromatic heterocycles. The summed E-state index contributed by atoms with van der Waals surface area (Å²) in [6.45, 7) is 5.69. The lowest BCUT2D eigenvalue weighted by atomic mass is 9.73. The third-order valence-electron chi connectivity index (χ3n) is 5.59. The van der Waals surface area contributed by atoms with Gasteiger partial charge in [0.25, 0.3) is 5.91 Å². The minimum Gasteiger partial charge on any atom is -0.362 e. The third-order valence-corrected chi connectivity index (χ3v) is 5.59. The number of halogens is 1. The van der Waals surface area contributed by atoms with Crippen molar-refractivity contribution >= 4 is 17.5 Å². The van der Waals surface area contributed by atoms with Gasteiger partial charge in [-0.15, -0.1) is 0 Å². The molecule has 2 aliphatic rings. The fourth-order valence-corrected chi connectivity index (χ4v) is 4.35. The van der Waals surface area contributed by atoms with Crippen LogP contribution in [0.3, 0.4) is 0 Å². The van der Waals surface area contributed by atoms with E-state index in [0.29, 0.717) is 34.6 Å². The van der Waals surface area contributed by atoms with Crippen LogP contribution in [-0.4, -0.2) is 16.7 Å². The van der Waals surface area contributed by atoms with Gasteiger partial charge in [0.15, 0.2) is 5.78 Å². The lowest BCUT2D eigenvalue weighted by Gasteiger charge is -2.36. The van der Waals surface area contributed by atoms with Gasteiger partial charge >= 0.3 is 0 Å². The van der Waals surface area contributed by atoms with Gasteiger partial charge in [-0.3, -0.25) is 9.59 Å². The molecule has 30 heavy (non-hydrogen) atoms. The van der Waals surface area contributed by atoms with E-state index in [9.17, 15) is 14.0 Å². The first-order valence-electron chi connectivity index (χ1n) is 10.1. The maximum atomic E-state index is 14.1. The number of carbonyl (C=O) groups is 2. The van der Waals surface area contributed by atoms with Gasteiger partial charge in [0.05, 0.1) is 0 Å². The van der Waals surface area contributed by atoms with Crippen LogP contribution < -0.4 is 10.6 Å². The summed E-state index contributed by atoms with van der Waals surface area (Å²) in [5.41, 5.74) is 3.83. The minimum absolute atomic E-state index is 0.00279. The Morgan fingerprint density at radius 3 is 2.67 bits per heavy atom. The summed E-state index contributed by atoms with van der Waals surface area (Å²) >= 11 is 0. The molecule has 0 unspecified atom stereocenters. The zero-order valence-electron chi connectivity index (χ0n) is 17.3. The summed E-state index contributed by atoms with van der Waals surface area (Å²) in [7, 11) is 0. The quantitative estimate of drug-likeness (QED) is 0.795. The number of aromatic nitrogens is 1. The molecule has 5 nitrogen and oxygen atoms in total. The smallest absolute Gasteiger partial charge is 0.255 e. The number of rotatable bonds is 3. The monoisotopic (exact) mass is 405 g/mol. The Hall–Kier alpha value is -3.28. The summed E-state index contributed by atoms with van der Waals surface area (Å²) in [5, 5.41) is 6.13. The Morgan fingerprint density at radius 2 is 1.93 bits per heavy atom. The number of aryl methyl sites for hydroxylation is 1. The summed E-state index contributed by atoms with van der Waals surface area (Å²) in [6.07, 6.45) is 1.14. The van der Waals surface area contributed by atoms with Gasteiger partial charge in [0.2, 0.25) is 0 Å². The van der Waals surface area contributed by atoms with Gasteiger partial charge in [0.1, 0.15) is 11.6 Å². The number of pyridine rings is 1. The predicted molar refractivity (Wildman–Crippen MR) is 113 cm³/mol. The molecule has 0 radical (unpaired) electrons. The van der Waals surface area contributed by atoms with Crippen molar-refractivity contribution in [2.75, 3.05) is 5.32 Å². The topological polar surface area (TPSA) is 71.1 Å². The van der Waals surface area contributed by atoms with E-state index in [-0.39, 0.29) is 17.6 Å². The largest absolute Gasteiger partial charge is 0.362 e. The summed E-state index contributed by atoms with van der Waals surface area (Å²) in [5.74, 6) is -0.732. The first-order chi connectivity index (χ1) is 14.3. The molecule has 4 rings (SSSR count). The number of allylic oxidation sites excluding steroid dienone is 3. The highest BCUT2D eigenvalue weighted by atomic mass is 19.1. The van der Waals surface area contributed by atoms with Crippen molar-refractivity contribution in [2.45, 2.75) is 39.5 Å². The molecule has 2 N–H and O–H groups in total. The Bertz CT molecular complexity index is 1100. The molecule has 2 atom stereocenters. The number of amides is 1. The molecule has 0 spiro atoms. The van der Waals surface area contributed by atoms with Crippen LogP contribution in [-0.2, 0) is 9.59 Å². The number of carbonyl (C=O) groups excluding carboxylic acids is 2. The van der Waals surface area contributed by atoms with E-state index < -0.39 is 11.7 Å². The van der Waals surface area contributed by atoms with Crippen molar-refractivity contribution in [1.29, 1.82) is 0 Å². The lowest BCUT2D eigenvalue weighted by Crippen LogP contribution is -2.37. The van der Waals surface area contributed by atoms with Crippen LogP contribution in [0.2, 0.25) is 0 Å². The average Bonchev–Trinajstić information content (AvgIpc) is 2.66. The molecule has 1 amide bonds. The third kappa shape index (κ3) is 3.77. The van der Waals surface area contributed by atoms with E-state index >= 15 is 0 Å². The molecule has 2 heterocycles. The van der Waals surface area contributed by atoms with Gasteiger partial charge in [-0.25, -0.2) is 9.37 Å². The van der Waals surface area contributed by atoms with Crippen LogP contribution in [0, 0.1) is 18.7 Å². The standard InChI is InChI=1S/C24H24FN3O2/c1-13-10-18-23(19(29)11-13)22(16-7-5-8-17(25)12-16)21(15(3)27-18)24(30)28-20-9-4-6-14(2)26-20/h4-9,12-13,22,27H,10-11H2,1-3H3,(H,26,28,30)/t13-,22-/m1/s1. The van der Waals surface area contributed by atoms with Crippen molar-refractivity contribution in [2.24, 2.45) is 5.92 Å². The van der Waals surface area contributed by atoms with Crippen LogP contribution in [0.4, 0.5) is 10.2 Å². The van der Waals surface area contributed by atoms with Crippen LogP contribution in [0.25, 0.3) is 0 Å². The number of dihydropyridines is 1. The maximum Gasteiger partial charge on any atom is 0.255 e. The van der Waals surface area contributed by atoms with Crippen molar-refractivity contribution in [3.8, 4) is 0 Å². The summed E-state index contributed by atoms with van der Waals surface area (Å²) < 4.78 is 14.1. The first kappa shape index (κ1) is 20.0. The SMILES string of the molecule is CC1=C(C(=O)Nc2cccc(C)n2)[C@@H](c2cccc(F)c2)C2=C(C[C@@H](C)CC2=O)N1. The van der Waals surface area contributed by atoms with Crippen LogP contribution >= 0.6 is 0 Å². The number of nitrogens with one attached hydrogen (secondary N) is 2. The van der Waals surface area contributed by atoms with Crippen molar-refractivity contribution in [1.82, 2.24) is 10.3 Å². The molecule has 1 aromatic carbocycles. The van der Waals surface area contributed by atoms with E-state index in [1.807, 2.05) is 32.9 Å². The predicted octanol–water partition coefficient (Wildman–Crippen LogP) is 4.38. The van der Waals surface area contributed by atoms with E-state index in [1.165, 1.54) is 12.1 Å². The molecule has 6 heteroatoms. The van der Waals surface area contributed by atoms with Gasteiger partial charge < -0.3 is 10.6 Å². The molecule has 2 aromatic rings. The Kier molecular flexibility index (Phi) is 5.24. The van der Waals surface area contributed by atoms with Gasteiger partial charge in [-0.1, -0.05) is 25.1 Å². The van der Waals surface area contributed by atoms with E-state index in [2.05, 4.69) is 15.6 Å². The number of ketones is 1. The lowest BCUT2D eigenvalue weighted by molar-refractivity contribution is -0.117. The fourth-order valence-electron chi connectivity index (χ4n) is 4.35. The Balaban J connectivity index is 1.80. The summed E-state index contributed by atoms with van der Waals surface area (Å²) in [4.78, 5) is 30.7. The van der Waals surface area contributed by atoms with Gasteiger partial charge in [0, 0.05) is 40.6 Å². The Labute approximate surface area is 175 Å². The maximum absolute atomic E-state index is 14.1. The number of hydrogen-bond donors (Lipinski definition) is 2. The zero-order valence-corrected chi connectivity index (χ0v) is 17.3. The highest BCUT2D eigenvalue weighted by Crippen LogP contribution is 2.43. The number of hydrogen-bond acceptors (Lipinski definition) is 4.